The van der Waals surface area contributed by atoms with Gasteiger partial charge < -0.3 is 10.2 Å². The smallest absolute Gasteiger partial charge is 0.253 e. The summed E-state index contributed by atoms with van der Waals surface area (Å²) in [7, 11) is 0. The Balaban J connectivity index is 1.58. The van der Waals surface area contributed by atoms with Gasteiger partial charge in [0, 0.05) is 35.7 Å². The summed E-state index contributed by atoms with van der Waals surface area (Å²) in [6, 6.07) is 18.4. The summed E-state index contributed by atoms with van der Waals surface area (Å²) in [5.41, 5.74) is 2.03. The van der Waals surface area contributed by atoms with Gasteiger partial charge in [-0.05, 0) is 36.6 Å². The first kappa shape index (κ1) is 16.2. The summed E-state index contributed by atoms with van der Waals surface area (Å²) < 4.78 is 0.944. The Morgan fingerprint density at radius 1 is 1.17 bits per heavy atom. The number of benzene rings is 2. The van der Waals surface area contributed by atoms with Crippen LogP contribution in [0.1, 0.15) is 28.8 Å². The van der Waals surface area contributed by atoms with Gasteiger partial charge >= 0.3 is 0 Å². The highest BCUT2D eigenvalue weighted by molar-refractivity contribution is 9.10. The molecule has 1 saturated heterocycles. The van der Waals surface area contributed by atoms with Crippen molar-refractivity contribution in [3.05, 3.63) is 70.2 Å². The molecule has 23 heavy (non-hydrogen) atoms. The summed E-state index contributed by atoms with van der Waals surface area (Å²) in [5, 5.41) is 3.58. The topological polar surface area (TPSA) is 32.3 Å². The van der Waals surface area contributed by atoms with Gasteiger partial charge in [-0.1, -0.05) is 52.3 Å². The van der Waals surface area contributed by atoms with Crippen LogP contribution in [0.25, 0.3) is 0 Å². The molecule has 0 aliphatic carbocycles. The normalized spacial score (nSPS) is 18.0. The minimum Gasteiger partial charge on any atom is -0.337 e. The molecule has 1 amide bonds. The molecule has 2 aromatic rings. The first-order valence-electron chi connectivity index (χ1n) is 8.04. The highest BCUT2D eigenvalue weighted by Crippen LogP contribution is 2.17. The van der Waals surface area contributed by atoms with Crippen molar-refractivity contribution in [2.45, 2.75) is 25.4 Å². The SMILES string of the molecule is O=C(c1cccc(Br)c1)N1CCC[C@H](NCc2ccccc2)C1. The lowest BCUT2D eigenvalue weighted by Gasteiger charge is -2.33. The lowest BCUT2D eigenvalue weighted by atomic mass is 10.0. The lowest BCUT2D eigenvalue weighted by molar-refractivity contribution is 0.0694. The van der Waals surface area contributed by atoms with E-state index in [1.54, 1.807) is 0 Å². The van der Waals surface area contributed by atoms with Gasteiger partial charge in [0.15, 0.2) is 0 Å². The molecule has 0 unspecified atom stereocenters. The molecule has 1 fully saturated rings. The van der Waals surface area contributed by atoms with Crippen LogP contribution in [0.5, 0.6) is 0 Å². The van der Waals surface area contributed by atoms with Crippen LogP contribution in [0.15, 0.2) is 59.1 Å². The molecule has 3 nitrogen and oxygen atoms in total. The predicted molar refractivity (Wildman–Crippen MR) is 96.3 cm³/mol. The lowest BCUT2D eigenvalue weighted by Crippen LogP contribution is -2.47. The minimum absolute atomic E-state index is 0.123. The molecule has 1 atom stereocenters. The molecule has 120 valence electrons. The van der Waals surface area contributed by atoms with Crippen molar-refractivity contribution >= 4 is 21.8 Å². The zero-order valence-electron chi connectivity index (χ0n) is 13.0. The molecule has 0 saturated carbocycles. The van der Waals surface area contributed by atoms with Gasteiger partial charge in [0.2, 0.25) is 0 Å². The predicted octanol–water partition coefficient (Wildman–Crippen LogP) is 3.84. The van der Waals surface area contributed by atoms with Crippen molar-refractivity contribution in [2.75, 3.05) is 13.1 Å². The van der Waals surface area contributed by atoms with E-state index >= 15 is 0 Å². The maximum atomic E-state index is 12.6. The highest BCUT2D eigenvalue weighted by Gasteiger charge is 2.24. The zero-order valence-corrected chi connectivity index (χ0v) is 14.6. The van der Waals surface area contributed by atoms with E-state index in [0.29, 0.717) is 6.04 Å². The average molecular weight is 373 g/mol. The number of hydrogen-bond acceptors (Lipinski definition) is 2. The van der Waals surface area contributed by atoms with Gasteiger partial charge in [-0.15, -0.1) is 0 Å². The molecule has 3 rings (SSSR count). The molecular formula is C19H21BrN2O. The molecule has 1 N–H and O–H groups in total. The van der Waals surface area contributed by atoms with E-state index in [4.69, 9.17) is 0 Å². The van der Waals surface area contributed by atoms with Gasteiger partial charge in [0.05, 0.1) is 0 Å². The van der Waals surface area contributed by atoms with Crippen LogP contribution in [0, 0.1) is 0 Å². The van der Waals surface area contributed by atoms with E-state index in [1.165, 1.54) is 5.56 Å². The molecule has 1 heterocycles. The Bertz CT molecular complexity index is 659. The summed E-state index contributed by atoms with van der Waals surface area (Å²) in [6.07, 6.45) is 2.17. The van der Waals surface area contributed by atoms with Crippen molar-refractivity contribution in [1.29, 1.82) is 0 Å². The molecule has 0 spiro atoms. The van der Waals surface area contributed by atoms with Crippen LogP contribution in [-0.4, -0.2) is 29.9 Å². The van der Waals surface area contributed by atoms with E-state index in [2.05, 4.69) is 45.5 Å². The monoisotopic (exact) mass is 372 g/mol. The van der Waals surface area contributed by atoms with Crippen LogP contribution in [0.3, 0.4) is 0 Å². The van der Waals surface area contributed by atoms with Gasteiger partial charge in [-0.3, -0.25) is 4.79 Å². The minimum atomic E-state index is 0.123. The number of carbonyl (C=O) groups excluding carboxylic acids is 1. The Morgan fingerprint density at radius 2 is 2.00 bits per heavy atom. The second-order valence-corrected chi connectivity index (χ2v) is 6.88. The standard InChI is InChI=1S/C19H21BrN2O/c20-17-9-4-8-16(12-17)19(23)22-11-5-10-18(14-22)21-13-15-6-2-1-3-7-15/h1-4,6-9,12,18,21H,5,10-11,13-14H2/t18-/m0/s1. The number of likely N-dealkylation sites (tertiary alicyclic amines) is 1. The fourth-order valence-electron chi connectivity index (χ4n) is 2.99. The highest BCUT2D eigenvalue weighted by atomic mass is 79.9. The number of nitrogens with zero attached hydrogens (tertiary/aromatic N) is 1. The molecule has 0 bridgehead atoms. The molecule has 1 aliphatic heterocycles. The zero-order chi connectivity index (χ0) is 16.1. The largest absolute Gasteiger partial charge is 0.337 e. The molecule has 0 aromatic heterocycles. The number of hydrogen-bond donors (Lipinski definition) is 1. The van der Waals surface area contributed by atoms with Crippen LogP contribution < -0.4 is 5.32 Å². The number of nitrogens with one attached hydrogen (secondary N) is 1. The fraction of sp³-hybridized carbons (Fsp3) is 0.316. The van der Waals surface area contributed by atoms with Gasteiger partial charge in [0.1, 0.15) is 0 Å². The van der Waals surface area contributed by atoms with Crippen LogP contribution in [0.4, 0.5) is 0 Å². The number of amides is 1. The molecule has 0 radical (unpaired) electrons. The van der Waals surface area contributed by atoms with E-state index < -0.39 is 0 Å². The summed E-state index contributed by atoms with van der Waals surface area (Å²) in [6.45, 7) is 2.47. The van der Waals surface area contributed by atoms with Crippen LogP contribution >= 0.6 is 15.9 Å². The third-order valence-electron chi connectivity index (χ3n) is 4.22. The molecule has 4 heteroatoms. The Labute approximate surface area is 145 Å². The quantitative estimate of drug-likeness (QED) is 0.883. The maximum absolute atomic E-state index is 12.6. The van der Waals surface area contributed by atoms with Crippen LogP contribution in [-0.2, 0) is 6.54 Å². The number of halogens is 1. The third kappa shape index (κ3) is 4.43. The van der Waals surface area contributed by atoms with Crippen molar-refractivity contribution in [2.24, 2.45) is 0 Å². The summed E-state index contributed by atoms with van der Waals surface area (Å²) >= 11 is 3.43. The average Bonchev–Trinajstić information content (AvgIpc) is 2.60. The van der Waals surface area contributed by atoms with E-state index in [1.807, 2.05) is 35.2 Å². The van der Waals surface area contributed by atoms with E-state index in [9.17, 15) is 4.79 Å². The molecule has 1 aliphatic rings. The van der Waals surface area contributed by atoms with Gasteiger partial charge in [-0.25, -0.2) is 0 Å². The molecule has 2 aromatic carbocycles. The number of carbonyl (C=O) groups is 1. The van der Waals surface area contributed by atoms with Crippen LogP contribution in [0.2, 0.25) is 0 Å². The summed E-state index contributed by atoms with van der Waals surface area (Å²) in [5.74, 6) is 0.123. The van der Waals surface area contributed by atoms with E-state index in [0.717, 1.165) is 42.5 Å². The number of rotatable bonds is 4. The first-order valence-corrected chi connectivity index (χ1v) is 8.84. The van der Waals surface area contributed by atoms with Crippen molar-refractivity contribution in [3.63, 3.8) is 0 Å². The van der Waals surface area contributed by atoms with Gasteiger partial charge in [0.25, 0.3) is 5.91 Å². The summed E-state index contributed by atoms with van der Waals surface area (Å²) in [4.78, 5) is 14.6. The second kappa shape index (κ2) is 7.75. The second-order valence-electron chi connectivity index (χ2n) is 5.97. The Kier molecular flexibility index (Phi) is 5.47. The first-order chi connectivity index (χ1) is 11.2. The number of piperidine rings is 1. The fourth-order valence-corrected chi connectivity index (χ4v) is 3.39. The Hall–Kier alpha value is -1.65. The molecular weight excluding hydrogens is 352 g/mol. The van der Waals surface area contributed by atoms with Crippen molar-refractivity contribution < 1.29 is 4.79 Å². The Morgan fingerprint density at radius 3 is 2.78 bits per heavy atom. The van der Waals surface area contributed by atoms with Gasteiger partial charge in [-0.2, -0.15) is 0 Å². The third-order valence-corrected chi connectivity index (χ3v) is 4.71. The van der Waals surface area contributed by atoms with Crippen molar-refractivity contribution in [1.82, 2.24) is 10.2 Å². The van der Waals surface area contributed by atoms with Crippen molar-refractivity contribution in [3.8, 4) is 0 Å². The van der Waals surface area contributed by atoms with E-state index in [-0.39, 0.29) is 5.91 Å². The maximum Gasteiger partial charge on any atom is 0.253 e.